The second-order valence-electron chi connectivity index (χ2n) is 10.7. The number of rotatable bonds is 6. The fourth-order valence-corrected chi connectivity index (χ4v) is 5.43. The lowest BCUT2D eigenvalue weighted by Crippen LogP contribution is -2.02. The van der Waals surface area contributed by atoms with Crippen molar-refractivity contribution in [1.29, 1.82) is 0 Å². The van der Waals surface area contributed by atoms with E-state index in [4.69, 9.17) is 0 Å². The van der Waals surface area contributed by atoms with Gasteiger partial charge in [-0.2, -0.15) is 0 Å². The smallest absolute Gasteiger partial charge is 0.126 e. The second-order valence-corrected chi connectivity index (χ2v) is 10.7. The molecule has 38 heavy (non-hydrogen) atoms. The van der Waals surface area contributed by atoms with E-state index in [1.807, 2.05) is 77.9 Å². The highest BCUT2D eigenvalue weighted by molar-refractivity contribution is 5.60. The van der Waals surface area contributed by atoms with Crippen LogP contribution >= 0.6 is 0 Å². The molecule has 0 heterocycles. The highest BCUT2D eigenvalue weighted by Gasteiger charge is 2.22. The molecule has 0 bridgehead atoms. The Morgan fingerprint density at radius 2 is 0.658 bits per heavy atom. The molecule has 0 aliphatic heterocycles. The van der Waals surface area contributed by atoms with Gasteiger partial charge in [0.05, 0.1) is 0 Å². The molecule has 0 saturated heterocycles. The van der Waals surface area contributed by atoms with Gasteiger partial charge in [0, 0.05) is 24.8 Å². The second kappa shape index (κ2) is 10.3. The molecule has 0 aliphatic rings. The standard InChI is InChI=1S/C33H36O5/c1-17-7-20(4)29(34)23(10-17)13-26-15-27(14-24-11-18(2)8-21(5)30(24)35)33(38)28(32(26)37)16-25-12-19(3)9-22(6)31(25)36/h7-12,15,34-38H,13-14,16H2,1-6H3. The molecule has 0 radical (unpaired) electrons. The lowest BCUT2D eigenvalue weighted by molar-refractivity contribution is 0.430. The summed E-state index contributed by atoms with van der Waals surface area (Å²) in [5.41, 5.74) is 8.49. The van der Waals surface area contributed by atoms with Crippen LogP contribution in [0.5, 0.6) is 28.7 Å². The molecule has 4 aromatic rings. The van der Waals surface area contributed by atoms with Gasteiger partial charge in [-0.05, 0) is 92.1 Å². The van der Waals surface area contributed by atoms with Crippen molar-refractivity contribution in [2.45, 2.75) is 60.8 Å². The molecule has 0 unspecified atom stereocenters. The molecule has 0 atom stereocenters. The van der Waals surface area contributed by atoms with Crippen LogP contribution in [0, 0.1) is 41.5 Å². The van der Waals surface area contributed by atoms with Gasteiger partial charge in [-0.25, -0.2) is 0 Å². The van der Waals surface area contributed by atoms with Gasteiger partial charge >= 0.3 is 0 Å². The molecule has 0 fully saturated rings. The average Bonchev–Trinajstić information content (AvgIpc) is 2.83. The van der Waals surface area contributed by atoms with Gasteiger partial charge in [0.2, 0.25) is 0 Å². The molecule has 0 aromatic heterocycles. The quantitative estimate of drug-likeness (QED) is 0.195. The lowest BCUT2D eigenvalue weighted by atomic mass is 9.89. The van der Waals surface area contributed by atoms with Gasteiger partial charge in [0.1, 0.15) is 28.7 Å². The van der Waals surface area contributed by atoms with Crippen LogP contribution in [0.1, 0.15) is 66.8 Å². The Bertz CT molecular complexity index is 1460. The van der Waals surface area contributed by atoms with Crippen LogP contribution in [0.4, 0.5) is 0 Å². The number of aromatic hydroxyl groups is 5. The van der Waals surface area contributed by atoms with Crippen molar-refractivity contribution in [3.8, 4) is 28.7 Å². The van der Waals surface area contributed by atoms with E-state index in [0.717, 1.165) is 33.4 Å². The van der Waals surface area contributed by atoms with Crippen molar-refractivity contribution >= 4 is 0 Å². The summed E-state index contributed by atoms with van der Waals surface area (Å²) < 4.78 is 0. The van der Waals surface area contributed by atoms with E-state index in [1.54, 1.807) is 6.07 Å². The van der Waals surface area contributed by atoms with Crippen molar-refractivity contribution in [2.75, 3.05) is 0 Å². The molecule has 5 nitrogen and oxygen atoms in total. The Balaban J connectivity index is 1.90. The predicted octanol–water partition coefficient (Wildman–Crippen LogP) is 6.84. The molecule has 0 saturated carbocycles. The van der Waals surface area contributed by atoms with E-state index in [2.05, 4.69) is 0 Å². The SMILES string of the molecule is Cc1cc(C)c(O)c(Cc2cc(Cc3cc(C)cc(C)c3O)c(O)c(Cc3cc(C)cc(C)c3O)c2O)c1. The summed E-state index contributed by atoms with van der Waals surface area (Å²) in [5.74, 6) is 0.316. The summed E-state index contributed by atoms with van der Waals surface area (Å²) in [7, 11) is 0. The first-order chi connectivity index (χ1) is 17.8. The maximum atomic E-state index is 11.4. The fraction of sp³-hybridized carbons (Fsp3) is 0.273. The third kappa shape index (κ3) is 5.28. The van der Waals surface area contributed by atoms with Gasteiger partial charge in [0.25, 0.3) is 0 Å². The number of aryl methyl sites for hydroxylation is 6. The van der Waals surface area contributed by atoms with E-state index in [-0.39, 0.29) is 48.0 Å². The zero-order valence-corrected chi connectivity index (χ0v) is 22.9. The highest BCUT2D eigenvalue weighted by Crippen LogP contribution is 2.41. The van der Waals surface area contributed by atoms with Crippen LogP contribution in [0.2, 0.25) is 0 Å². The number of hydrogen-bond acceptors (Lipinski definition) is 5. The molecular weight excluding hydrogens is 476 g/mol. The molecule has 0 aliphatic carbocycles. The minimum Gasteiger partial charge on any atom is -0.507 e. The largest absolute Gasteiger partial charge is 0.507 e. The molecular formula is C33H36O5. The number of phenolic OH excluding ortho intramolecular Hbond substituents is 5. The highest BCUT2D eigenvalue weighted by atomic mass is 16.3. The topological polar surface area (TPSA) is 101 Å². The van der Waals surface area contributed by atoms with Crippen LogP contribution in [-0.2, 0) is 19.3 Å². The van der Waals surface area contributed by atoms with Gasteiger partial charge in [0.15, 0.2) is 0 Å². The Morgan fingerprint density at radius 1 is 0.368 bits per heavy atom. The third-order valence-electron chi connectivity index (χ3n) is 7.23. The fourth-order valence-electron chi connectivity index (χ4n) is 5.43. The number of hydrogen-bond donors (Lipinski definition) is 5. The zero-order chi connectivity index (χ0) is 27.9. The van der Waals surface area contributed by atoms with Crippen LogP contribution < -0.4 is 0 Å². The molecule has 198 valence electrons. The van der Waals surface area contributed by atoms with E-state index >= 15 is 0 Å². The van der Waals surface area contributed by atoms with Crippen LogP contribution in [0.25, 0.3) is 0 Å². The first-order valence-corrected chi connectivity index (χ1v) is 12.8. The Labute approximate surface area is 224 Å². The summed E-state index contributed by atoms with van der Waals surface area (Å²) >= 11 is 0. The van der Waals surface area contributed by atoms with E-state index in [9.17, 15) is 25.5 Å². The van der Waals surface area contributed by atoms with Crippen molar-refractivity contribution in [3.05, 3.63) is 109 Å². The van der Waals surface area contributed by atoms with E-state index in [0.29, 0.717) is 33.4 Å². The zero-order valence-electron chi connectivity index (χ0n) is 22.9. The van der Waals surface area contributed by atoms with Crippen molar-refractivity contribution in [1.82, 2.24) is 0 Å². The summed E-state index contributed by atoms with van der Waals surface area (Å²) in [6.07, 6.45) is 0.612. The number of benzene rings is 4. The van der Waals surface area contributed by atoms with E-state index in [1.165, 1.54) is 0 Å². The molecule has 5 N–H and O–H groups in total. The Morgan fingerprint density at radius 3 is 1.00 bits per heavy atom. The number of phenols is 5. The van der Waals surface area contributed by atoms with Crippen LogP contribution in [-0.4, -0.2) is 25.5 Å². The summed E-state index contributed by atoms with van der Waals surface area (Å²) in [4.78, 5) is 0. The summed E-state index contributed by atoms with van der Waals surface area (Å²) in [6, 6.07) is 13.0. The average molecular weight is 513 g/mol. The van der Waals surface area contributed by atoms with Crippen molar-refractivity contribution in [2.24, 2.45) is 0 Å². The molecule has 4 aromatic carbocycles. The molecule has 0 spiro atoms. The monoisotopic (exact) mass is 512 g/mol. The van der Waals surface area contributed by atoms with Gasteiger partial charge in [-0.3, -0.25) is 0 Å². The Hall–Kier alpha value is -4.12. The maximum Gasteiger partial charge on any atom is 0.126 e. The van der Waals surface area contributed by atoms with Crippen molar-refractivity contribution < 1.29 is 25.5 Å². The predicted molar refractivity (Wildman–Crippen MR) is 151 cm³/mol. The minimum atomic E-state index is -0.0759. The third-order valence-corrected chi connectivity index (χ3v) is 7.23. The molecule has 4 rings (SSSR count). The van der Waals surface area contributed by atoms with Crippen LogP contribution in [0.3, 0.4) is 0 Å². The minimum absolute atomic E-state index is 0.0759. The van der Waals surface area contributed by atoms with Gasteiger partial charge < -0.3 is 25.5 Å². The van der Waals surface area contributed by atoms with Crippen LogP contribution in [0.15, 0.2) is 42.5 Å². The van der Waals surface area contributed by atoms with Gasteiger partial charge in [-0.15, -0.1) is 0 Å². The first-order valence-electron chi connectivity index (χ1n) is 12.8. The van der Waals surface area contributed by atoms with Gasteiger partial charge in [-0.1, -0.05) is 53.1 Å². The van der Waals surface area contributed by atoms with E-state index < -0.39 is 0 Å². The normalized spacial score (nSPS) is 11.2. The lowest BCUT2D eigenvalue weighted by Gasteiger charge is -2.19. The molecule has 0 amide bonds. The summed E-state index contributed by atoms with van der Waals surface area (Å²) in [5, 5.41) is 55.0. The maximum absolute atomic E-state index is 11.4. The summed E-state index contributed by atoms with van der Waals surface area (Å²) in [6.45, 7) is 11.3. The molecule has 5 heteroatoms. The van der Waals surface area contributed by atoms with Crippen molar-refractivity contribution in [3.63, 3.8) is 0 Å². The Kier molecular flexibility index (Phi) is 7.32. The first kappa shape index (κ1) is 26.9.